The molecule has 0 bridgehead atoms. The van der Waals surface area contributed by atoms with Crippen molar-refractivity contribution in [2.24, 2.45) is 0 Å². The van der Waals surface area contributed by atoms with Crippen molar-refractivity contribution >= 4 is 22.6 Å². The molecule has 2 aromatic heterocycles. The van der Waals surface area contributed by atoms with Crippen LogP contribution in [0, 0.1) is 6.92 Å². The van der Waals surface area contributed by atoms with Crippen LogP contribution in [0.5, 0.6) is 5.75 Å². The lowest BCUT2D eigenvalue weighted by Gasteiger charge is -2.12. The molecule has 2 heterocycles. The Balaban J connectivity index is 2.66. The summed E-state index contributed by atoms with van der Waals surface area (Å²) in [6.07, 6.45) is 1.83. The molecule has 0 aliphatic rings. The van der Waals surface area contributed by atoms with Gasteiger partial charge in [-0.2, -0.15) is 0 Å². The van der Waals surface area contributed by atoms with Crippen molar-refractivity contribution in [2.75, 3.05) is 0 Å². The third-order valence-corrected chi connectivity index (χ3v) is 2.37. The van der Waals surface area contributed by atoms with E-state index in [1.54, 1.807) is 12.3 Å². The molecule has 0 saturated heterocycles. The van der Waals surface area contributed by atoms with Crippen LogP contribution < -0.4 is 4.74 Å². The van der Waals surface area contributed by atoms with Gasteiger partial charge in [0.05, 0.1) is 11.6 Å². The molecule has 0 aliphatic heterocycles. The average Bonchev–Trinajstić information content (AvgIpc) is 2.18. The SMILES string of the molecule is Cc1cc(Cl)nc2c(OC(C)C)ccnc12. The number of hydrogen-bond donors (Lipinski definition) is 0. The number of ether oxygens (including phenoxy) is 1. The number of pyridine rings is 2. The molecule has 0 N–H and O–H groups in total. The highest BCUT2D eigenvalue weighted by Gasteiger charge is 2.09. The van der Waals surface area contributed by atoms with E-state index in [0.717, 1.165) is 22.3 Å². The van der Waals surface area contributed by atoms with E-state index in [-0.39, 0.29) is 6.10 Å². The maximum absolute atomic E-state index is 5.94. The van der Waals surface area contributed by atoms with Crippen molar-refractivity contribution < 1.29 is 4.74 Å². The van der Waals surface area contributed by atoms with Crippen molar-refractivity contribution in [2.45, 2.75) is 26.9 Å². The molecule has 3 nitrogen and oxygen atoms in total. The van der Waals surface area contributed by atoms with Crippen LogP contribution in [-0.2, 0) is 0 Å². The molecule has 0 radical (unpaired) electrons. The molecule has 4 heteroatoms. The van der Waals surface area contributed by atoms with Gasteiger partial charge in [0.1, 0.15) is 16.4 Å². The van der Waals surface area contributed by atoms with Crippen molar-refractivity contribution in [3.05, 3.63) is 29.0 Å². The van der Waals surface area contributed by atoms with E-state index in [9.17, 15) is 0 Å². The van der Waals surface area contributed by atoms with Crippen molar-refractivity contribution in [3.63, 3.8) is 0 Å². The number of hydrogen-bond acceptors (Lipinski definition) is 3. The Bertz CT molecular complexity index is 526. The average molecular weight is 237 g/mol. The fourth-order valence-corrected chi connectivity index (χ4v) is 1.82. The Kier molecular flexibility index (Phi) is 2.97. The van der Waals surface area contributed by atoms with Crippen LogP contribution in [0.15, 0.2) is 18.3 Å². The minimum absolute atomic E-state index is 0.103. The van der Waals surface area contributed by atoms with Crippen LogP contribution in [0.1, 0.15) is 19.4 Å². The predicted octanol–water partition coefficient (Wildman–Crippen LogP) is 3.38. The summed E-state index contributed by atoms with van der Waals surface area (Å²) in [5, 5.41) is 0.464. The first kappa shape index (κ1) is 11.1. The van der Waals surface area contributed by atoms with Gasteiger partial charge < -0.3 is 4.74 Å². The van der Waals surface area contributed by atoms with Gasteiger partial charge in [-0.3, -0.25) is 4.98 Å². The number of halogens is 1. The molecule has 0 fully saturated rings. The van der Waals surface area contributed by atoms with E-state index >= 15 is 0 Å². The number of aryl methyl sites for hydroxylation is 1. The molecule has 2 rings (SSSR count). The maximum Gasteiger partial charge on any atom is 0.149 e. The Morgan fingerprint density at radius 2 is 2.06 bits per heavy atom. The van der Waals surface area contributed by atoms with Gasteiger partial charge in [0.25, 0.3) is 0 Å². The van der Waals surface area contributed by atoms with Gasteiger partial charge >= 0.3 is 0 Å². The molecule has 0 atom stereocenters. The lowest BCUT2D eigenvalue weighted by atomic mass is 10.2. The summed E-state index contributed by atoms with van der Waals surface area (Å²) >= 11 is 5.94. The molecule has 0 unspecified atom stereocenters. The van der Waals surface area contributed by atoms with Crippen molar-refractivity contribution in [3.8, 4) is 5.75 Å². The normalized spacial score (nSPS) is 11.1. The second kappa shape index (κ2) is 4.26. The van der Waals surface area contributed by atoms with Gasteiger partial charge in [-0.05, 0) is 32.4 Å². The van der Waals surface area contributed by atoms with Gasteiger partial charge in [0, 0.05) is 12.3 Å². The third kappa shape index (κ3) is 2.09. The summed E-state index contributed by atoms with van der Waals surface area (Å²) in [5.41, 5.74) is 2.56. The van der Waals surface area contributed by atoms with E-state index in [2.05, 4.69) is 9.97 Å². The molecule has 0 spiro atoms. The summed E-state index contributed by atoms with van der Waals surface area (Å²) in [7, 11) is 0. The van der Waals surface area contributed by atoms with Gasteiger partial charge in [0.15, 0.2) is 0 Å². The fourth-order valence-electron chi connectivity index (χ4n) is 1.57. The Morgan fingerprint density at radius 3 is 2.75 bits per heavy atom. The van der Waals surface area contributed by atoms with E-state index < -0.39 is 0 Å². The van der Waals surface area contributed by atoms with Crippen LogP contribution >= 0.6 is 11.6 Å². The monoisotopic (exact) mass is 236 g/mol. The highest BCUT2D eigenvalue weighted by Crippen LogP contribution is 2.26. The van der Waals surface area contributed by atoms with Gasteiger partial charge in [-0.15, -0.1) is 0 Å². The van der Waals surface area contributed by atoms with Gasteiger partial charge in [0.2, 0.25) is 0 Å². The Hall–Kier alpha value is -1.35. The molecular formula is C12H13ClN2O. The van der Waals surface area contributed by atoms with E-state index in [4.69, 9.17) is 16.3 Å². The zero-order valence-electron chi connectivity index (χ0n) is 9.49. The standard InChI is InChI=1S/C12H13ClN2O/c1-7(2)16-9-4-5-14-11-8(3)6-10(13)15-12(9)11/h4-7H,1-3H3. The zero-order chi connectivity index (χ0) is 11.7. The van der Waals surface area contributed by atoms with E-state index in [1.807, 2.05) is 26.8 Å². The first-order valence-corrected chi connectivity index (χ1v) is 5.54. The Labute approximate surface area is 99.4 Å². The minimum atomic E-state index is 0.103. The highest BCUT2D eigenvalue weighted by atomic mass is 35.5. The lowest BCUT2D eigenvalue weighted by molar-refractivity contribution is 0.245. The second-order valence-corrected chi connectivity index (χ2v) is 4.32. The topological polar surface area (TPSA) is 35.0 Å². The van der Waals surface area contributed by atoms with Gasteiger partial charge in [-0.25, -0.2) is 4.98 Å². The summed E-state index contributed by atoms with van der Waals surface area (Å²) < 4.78 is 5.68. The number of aromatic nitrogens is 2. The highest BCUT2D eigenvalue weighted by molar-refractivity contribution is 6.29. The largest absolute Gasteiger partial charge is 0.489 e. The first-order valence-electron chi connectivity index (χ1n) is 5.16. The maximum atomic E-state index is 5.94. The van der Waals surface area contributed by atoms with Crippen LogP contribution in [0.3, 0.4) is 0 Å². The number of rotatable bonds is 2. The molecule has 0 saturated carbocycles. The molecule has 16 heavy (non-hydrogen) atoms. The quantitative estimate of drug-likeness (QED) is 0.750. The zero-order valence-corrected chi connectivity index (χ0v) is 10.2. The van der Waals surface area contributed by atoms with Crippen LogP contribution in [-0.4, -0.2) is 16.1 Å². The fraction of sp³-hybridized carbons (Fsp3) is 0.333. The predicted molar refractivity (Wildman–Crippen MR) is 65.0 cm³/mol. The molecular weight excluding hydrogens is 224 g/mol. The van der Waals surface area contributed by atoms with Crippen LogP contribution in [0.4, 0.5) is 0 Å². The summed E-state index contributed by atoms with van der Waals surface area (Å²) in [5.74, 6) is 0.727. The molecule has 0 aromatic carbocycles. The van der Waals surface area contributed by atoms with Crippen LogP contribution in [0.2, 0.25) is 5.15 Å². The lowest BCUT2D eigenvalue weighted by Crippen LogP contribution is -2.06. The van der Waals surface area contributed by atoms with Gasteiger partial charge in [-0.1, -0.05) is 11.6 Å². The summed E-state index contributed by atoms with van der Waals surface area (Å²) in [6.45, 7) is 5.91. The first-order chi connectivity index (χ1) is 7.58. The molecule has 2 aromatic rings. The minimum Gasteiger partial charge on any atom is -0.489 e. The summed E-state index contributed by atoms with van der Waals surface area (Å²) in [6, 6.07) is 3.61. The third-order valence-electron chi connectivity index (χ3n) is 2.18. The van der Waals surface area contributed by atoms with Crippen molar-refractivity contribution in [1.29, 1.82) is 0 Å². The summed E-state index contributed by atoms with van der Waals surface area (Å²) in [4.78, 5) is 8.56. The smallest absolute Gasteiger partial charge is 0.149 e. The van der Waals surface area contributed by atoms with Crippen LogP contribution in [0.25, 0.3) is 11.0 Å². The molecule has 84 valence electrons. The Morgan fingerprint density at radius 1 is 1.31 bits per heavy atom. The number of nitrogens with zero attached hydrogens (tertiary/aromatic N) is 2. The second-order valence-electron chi connectivity index (χ2n) is 3.93. The molecule has 0 aliphatic carbocycles. The van der Waals surface area contributed by atoms with Crippen molar-refractivity contribution in [1.82, 2.24) is 9.97 Å². The molecule has 0 amide bonds. The number of fused-ring (bicyclic) bond motifs is 1. The van der Waals surface area contributed by atoms with E-state index in [1.165, 1.54) is 0 Å². The van der Waals surface area contributed by atoms with E-state index in [0.29, 0.717) is 5.15 Å².